The summed E-state index contributed by atoms with van der Waals surface area (Å²) in [4.78, 5) is 0. The second kappa shape index (κ2) is 5.56. The van der Waals surface area contributed by atoms with Crippen LogP contribution in [-0.2, 0) is 0 Å². The molecule has 0 aliphatic carbocycles. The van der Waals surface area contributed by atoms with Gasteiger partial charge in [0.05, 0.1) is 5.60 Å². The Balaban J connectivity index is 3.68. The van der Waals surface area contributed by atoms with Gasteiger partial charge in [0.25, 0.3) is 0 Å². The van der Waals surface area contributed by atoms with E-state index in [1.165, 1.54) is 0 Å². The Hall–Kier alpha value is -0.0800. The number of nitrogens with one attached hydrogen (secondary N) is 1. The molecule has 0 aromatic heterocycles. The van der Waals surface area contributed by atoms with Crippen molar-refractivity contribution >= 4 is 0 Å². The SMILES string of the molecule is CCCCC(O)(CC)CNC. The molecule has 0 bridgehead atoms. The summed E-state index contributed by atoms with van der Waals surface area (Å²) in [6, 6.07) is 0. The van der Waals surface area contributed by atoms with Crippen LogP contribution < -0.4 is 5.32 Å². The van der Waals surface area contributed by atoms with Crippen LogP contribution in [0.3, 0.4) is 0 Å². The fourth-order valence-electron chi connectivity index (χ4n) is 1.23. The van der Waals surface area contributed by atoms with Crippen LogP contribution in [0.2, 0.25) is 0 Å². The van der Waals surface area contributed by atoms with Crippen molar-refractivity contribution in [2.24, 2.45) is 0 Å². The van der Waals surface area contributed by atoms with Crippen molar-refractivity contribution in [2.45, 2.75) is 45.1 Å². The van der Waals surface area contributed by atoms with Gasteiger partial charge in [0.15, 0.2) is 0 Å². The maximum Gasteiger partial charge on any atom is 0.0768 e. The van der Waals surface area contributed by atoms with E-state index in [-0.39, 0.29) is 0 Å². The Bertz CT molecular complexity index is 95.6. The minimum Gasteiger partial charge on any atom is -0.389 e. The number of hydrogen-bond donors (Lipinski definition) is 2. The predicted molar refractivity (Wildman–Crippen MR) is 48.7 cm³/mol. The van der Waals surface area contributed by atoms with Crippen LogP contribution >= 0.6 is 0 Å². The van der Waals surface area contributed by atoms with E-state index in [1.54, 1.807) is 0 Å². The lowest BCUT2D eigenvalue weighted by atomic mass is 9.94. The molecule has 0 aliphatic heterocycles. The van der Waals surface area contributed by atoms with Gasteiger partial charge in [-0.1, -0.05) is 26.7 Å². The van der Waals surface area contributed by atoms with Crippen molar-refractivity contribution < 1.29 is 5.11 Å². The average Bonchev–Trinajstić information content (AvgIpc) is 2.02. The van der Waals surface area contributed by atoms with E-state index in [0.717, 1.165) is 25.7 Å². The molecule has 1 unspecified atom stereocenters. The monoisotopic (exact) mass is 159 g/mol. The molecule has 0 amide bonds. The third-order valence-corrected chi connectivity index (χ3v) is 2.16. The highest BCUT2D eigenvalue weighted by atomic mass is 16.3. The lowest BCUT2D eigenvalue weighted by molar-refractivity contribution is 0.0275. The van der Waals surface area contributed by atoms with Crippen molar-refractivity contribution in [1.82, 2.24) is 5.32 Å². The summed E-state index contributed by atoms with van der Waals surface area (Å²) in [7, 11) is 1.88. The zero-order chi connectivity index (χ0) is 8.74. The zero-order valence-electron chi connectivity index (χ0n) is 7.98. The highest BCUT2D eigenvalue weighted by Crippen LogP contribution is 2.16. The van der Waals surface area contributed by atoms with E-state index in [9.17, 15) is 5.11 Å². The van der Waals surface area contributed by atoms with E-state index in [2.05, 4.69) is 12.2 Å². The van der Waals surface area contributed by atoms with Crippen molar-refractivity contribution in [3.63, 3.8) is 0 Å². The largest absolute Gasteiger partial charge is 0.389 e. The number of unbranched alkanes of at least 4 members (excludes halogenated alkanes) is 1. The topological polar surface area (TPSA) is 32.3 Å². The molecule has 0 fully saturated rings. The minimum absolute atomic E-state index is 0.467. The molecule has 0 aromatic rings. The summed E-state index contributed by atoms with van der Waals surface area (Å²) in [5.74, 6) is 0. The van der Waals surface area contributed by atoms with Crippen LogP contribution in [0.5, 0.6) is 0 Å². The molecule has 1 atom stereocenters. The Morgan fingerprint density at radius 3 is 2.36 bits per heavy atom. The van der Waals surface area contributed by atoms with Crippen LogP contribution in [0.4, 0.5) is 0 Å². The van der Waals surface area contributed by atoms with Gasteiger partial charge < -0.3 is 10.4 Å². The summed E-state index contributed by atoms with van der Waals surface area (Å²) in [5.41, 5.74) is -0.467. The van der Waals surface area contributed by atoms with Crippen LogP contribution in [0.15, 0.2) is 0 Å². The first-order chi connectivity index (χ1) is 5.18. The maximum absolute atomic E-state index is 9.89. The molecular weight excluding hydrogens is 138 g/mol. The number of aliphatic hydroxyl groups is 1. The smallest absolute Gasteiger partial charge is 0.0768 e. The van der Waals surface area contributed by atoms with Gasteiger partial charge in [-0.05, 0) is 19.9 Å². The predicted octanol–water partition coefficient (Wildman–Crippen LogP) is 1.54. The van der Waals surface area contributed by atoms with Gasteiger partial charge in [0.2, 0.25) is 0 Å². The normalized spacial score (nSPS) is 16.4. The average molecular weight is 159 g/mol. The fourth-order valence-corrected chi connectivity index (χ4v) is 1.23. The van der Waals surface area contributed by atoms with Crippen molar-refractivity contribution in [3.8, 4) is 0 Å². The Morgan fingerprint density at radius 2 is 2.00 bits per heavy atom. The summed E-state index contributed by atoms with van der Waals surface area (Å²) in [5, 5.41) is 12.9. The molecule has 0 saturated heterocycles. The minimum atomic E-state index is -0.467. The third-order valence-electron chi connectivity index (χ3n) is 2.16. The Labute approximate surface area is 70.0 Å². The second-order valence-electron chi connectivity index (χ2n) is 3.21. The summed E-state index contributed by atoms with van der Waals surface area (Å²) < 4.78 is 0. The van der Waals surface area contributed by atoms with Crippen LogP contribution in [0.25, 0.3) is 0 Å². The highest BCUT2D eigenvalue weighted by molar-refractivity contribution is 4.78. The Morgan fingerprint density at radius 1 is 1.36 bits per heavy atom. The van der Waals surface area contributed by atoms with Gasteiger partial charge in [-0.2, -0.15) is 0 Å². The quantitative estimate of drug-likeness (QED) is 0.616. The highest BCUT2D eigenvalue weighted by Gasteiger charge is 2.22. The van der Waals surface area contributed by atoms with Crippen LogP contribution in [0, 0.1) is 0 Å². The van der Waals surface area contributed by atoms with E-state index >= 15 is 0 Å². The standard InChI is InChI=1S/C9H21NO/c1-4-6-7-9(11,5-2)8-10-3/h10-11H,4-8H2,1-3H3. The summed E-state index contributed by atoms with van der Waals surface area (Å²) in [6.45, 7) is 4.89. The first kappa shape index (κ1) is 10.9. The third kappa shape index (κ3) is 4.38. The fraction of sp³-hybridized carbons (Fsp3) is 1.00. The van der Waals surface area contributed by atoms with Crippen molar-refractivity contribution in [2.75, 3.05) is 13.6 Å². The number of likely N-dealkylation sites (N-methyl/N-ethyl adjacent to an activating group) is 1. The first-order valence-corrected chi connectivity index (χ1v) is 4.55. The molecule has 0 aliphatic rings. The van der Waals surface area contributed by atoms with Crippen LogP contribution in [-0.4, -0.2) is 24.3 Å². The molecule has 0 saturated carbocycles. The van der Waals surface area contributed by atoms with Crippen molar-refractivity contribution in [1.29, 1.82) is 0 Å². The van der Waals surface area contributed by atoms with Gasteiger partial charge >= 0.3 is 0 Å². The molecule has 2 heteroatoms. The lowest BCUT2D eigenvalue weighted by Crippen LogP contribution is -2.38. The molecular formula is C9H21NO. The van der Waals surface area contributed by atoms with E-state index in [0.29, 0.717) is 6.54 Å². The zero-order valence-corrected chi connectivity index (χ0v) is 7.98. The van der Waals surface area contributed by atoms with Crippen molar-refractivity contribution in [3.05, 3.63) is 0 Å². The number of hydrogen-bond acceptors (Lipinski definition) is 2. The molecule has 0 heterocycles. The molecule has 11 heavy (non-hydrogen) atoms. The molecule has 0 radical (unpaired) electrons. The van der Waals surface area contributed by atoms with E-state index < -0.39 is 5.60 Å². The molecule has 68 valence electrons. The Kier molecular flexibility index (Phi) is 5.51. The maximum atomic E-state index is 9.89. The second-order valence-corrected chi connectivity index (χ2v) is 3.21. The van der Waals surface area contributed by atoms with Gasteiger partial charge in [0.1, 0.15) is 0 Å². The first-order valence-electron chi connectivity index (χ1n) is 4.55. The van der Waals surface area contributed by atoms with Gasteiger partial charge in [0, 0.05) is 6.54 Å². The number of rotatable bonds is 6. The van der Waals surface area contributed by atoms with Gasteiger partial charge in [-0.25, -0.2) is 0 Å². The summed E-state index contributed by atoms with van der Waals surface area (Å²) >= 11 is 0. The van der Waals surface area contributed by atoms with Gasteiger partial charge in [-0.3, -0.25) is 0 Å². The molecule has 2 nitrogen and oxygen atoms in total. The van der Waals surface area contributed by atoms with E-state index in [1.807, 2.05) is 14.0 Å². The van der Waals surface area contributed by atoms with Gasteiger partial charge in [-0.15, -0.1) is 0 Å². The molecule has 2 N–H and O–H groups in total. The van der Waals surface area contributed by atoms with E-state index in [4.69, 9.17) is 0 Å². The molecule has 0 rings (SSSR count). The molecule has 0 aromatic carbocycles. The summed E-state index contributed by atoms with van der Waals surface area (Å²) in [6.07, 6.45) is 4.03. The van der Waals surface area contributed by atoms with Crippen LogP contribution in [0.1, 0.15) is 39.5 Å². The lowest BCUT2D eigenvalue weighted by Gasteiger charge is -2.26. The molecule has 0 spiro atoms.